The molecule has 7 nitrogen and oxygen atoms in total. The minimum absolute atomic E-state index is 0.00266. The number of hydrogen-bond acceptors (Lipinski definition) is 4. The van der Waals surface area contributed by atoms with Crippen molar-refractivity contribution in [2.75, 3.05) is 17.4 Å². The van der Waals surface area contributed by atoms with E-state index in [2.05, 4.69) is 5.32 Å². The molecule has 4 aromatic rings. The topological polar surface area (TPSA) is 86.8 Å². The first-order valence-electron chi connectivity index (χ1n) is 14.8. The summed E-state index contributed by atoms with van der Waals surface area (Å²) in [5.41, 5.74) is 2.85. The molecule has 0 fully saturated rings. The first kappa shape index (κ1) is 34.0. The lowest BCUT2D eigenvalue weighted by Gasteiger charge is -2.34. The number of halogens is 2. The average molecular weight is 667 g/mol. The molecule has 236 valence electrons. The molecular formula is C35H37Cl2N3O4S. The molecular weight excluding hydrogens is 629 g/mol. The molecule has 0 saturated heterocycles. The van der Waals surface area contributed by atoms with E-state index < -0.39 is 28.5 Å². The molecule has 0 radical (unpaired) electrons. The molecule has 0 aliphatic rings. The highest BCUT2D eigenvalue weighted by Crippen LogP contribution is 2.30. The molecule has 1 N–H and O–H groups in total. The quantitative estimate of drug-likeness (QED) is 0.146. The molecule has 0 aromatic heterocycles. The van der Waals surface area contributed by atoms with Crippen LogP contribution in [0.25, 0.3) is 0 Å². The van der Waals surface area contributed by atoms with Crippen molar-refractivity contribution in [1.29, 1.82) is 0 Å². The second kappa shape index (κ2) is 15.9. The average Bonchev–Trinajstić information content (AvgIpc) is 3.02. The van der Waals surface area contributed by atoms with E-state index in [9.17, 15) is 18.0 Å². The zero-order chi connectivity index (χ0) is 32.4. The van der Waals surface area contributed by atoms with Gasteiger partial charge in [-0.2, -0.15) is 0 Å². The van der Waals surface area contributed by atoms with Gasteiger partial charge in [0.15, 0.2) is 0 Å². The summed E-state index contributed by atoms with van der Waals surface area (Å²) in [6.07, 6.45) is 1.92. The molecule has 0 saturated carbocycles. The number of anilines is 1. The van der Waals surface area contributed by atoms with Crippen molar-refractivity contribution in [3.8, 4) is 0 Å². The van der Waals surface area contributed by atoms with Crippen LogP contribution < -0.4 is 9.62 Å². The van der Waals surface area contributed by atoms with Crippen LogP contribution in [0.2, 0.25) is 10.0 Å². The number of hydrogen-bond donors (Lipinski definition) is 1. The van der Waals surface area contributed by atoms with Gasteiger partial charge in [0, 0.05) is 29.6 Å². The van der Waals surface area contributed by atoms with E-state index >= 15 is 0 Å². The van der Waals surface area contributed by atoms with Crippen LogP contribution in [-0.2, 0) is 32.6 Å². The first-order chi connectivity index (χ1) is 21.6. The van der Waals surface area contributed by atoms with Gasteiger partial charge in [0.2, 0.25) is 11.8 Å². The molecule has 1 atom stereocenters. The van der Waals surface area contributed by atoms with Gasteiger partial charge in [0.25, 0.3) is 10.0 Å². The van der Waals surface area contributed by atoms with E-state index in [-0.39, 0.29) is 39.5 Å². The van der Waals surface area contributed by atoms with Gasteiger partial charge < -0.3 is 10.2 Å². The van der Waals surface area contributed by atoms with Crippen molar-refractivity contribution in [2.45, 2.75) is 50.6 Å². The summed E-state index contributed by atoms with van der Waals surface area (Å²) in [5, 5.41) is 3.42. The molecule has 45 heavy (non-hydrogen) atoms. The van der Waals surface area contributed by atoms with Crippen molar-refractivity contribution in [2.24, 2.45) is 0 Å². The van der Waals surface area contributed by atoms with Crippen LogP contribution in [0.1, 0.15) is 36.5 Å². The van der Waals surface area contributed by atoms with Crippen LogP contribution in [0.15, 0.2) is 108 Å². The highest BCUT2D eigenvalue weighted by atomic mass is 35.5. The summed E-state index contributed by atoms with van der Waals surface area (Å²) >= 11 is 12.6. The van der Waals surface area contributed by atoms with E-state index in [0.29, 0.717) is 6.54 Å². The van der Waals surface area contributed by atoms with Gasteiger partial charge in [0.1, 0.15) is 12.6 Å². The number of unbranched alkanes of at least 4 members (excludes halogenated alkanes) is 1. The molecule has 2 amide bonds. The van der Waals surface area contributed by atoms with Crippen LogP contribution in [0, 0.1) is 6.92 Å². The van der Waals surface area contributed by atoms with E-state index in [0.717, 1.165) is 33.8 Å². The predicted molar refractivity (Wildman–Crippen MR) is 181 cm³/mol. The third-order valence-electron chi connectivity index (χ3n) is 7.32. The van der Waals surface area contributed by atoms with E-state index in [4.69, 9.17) is 23.2 Å². The Morgan fingerprint density at radius 2 is 1.42 bits per heavy atom. The van der Waals surface area contributed by atoms with Crippen molar-refractivity contribution < 1.29 is 18.0 Å². The van der Waals surface area contributed by atoms with Crippen molar-refractivity contribution in [1.82, 2.24) is 10.2 Å². The maximum atomic E-state index is 14.5. The number of carbonyl (C=O) groups is 2. The van der Waals surface area contributed by atoms with Gasteiger partial charge in [-0.3, -0.25) is 13.9 Å². The zero-order valence-electron chi connectivity index (χ0n) is 25.3. The van der Waals surface area contributed by atoms with E-state index in [1.807, 2.05) is 68.4 Å². The number of aryl methyl sites for hydroxylation is 1. The van der Waals surface area contributed by atoms with Gasteiger partial charge in [0.05, 0.1) is 10.6 Å². The van der Waals surface area contributed by atoms with Gasteiger partial charge >= 0.3 is 0 Å². The summed E-state index contributed by atoms with van der Waals surface area (Å²) in [6, 6.07) is 28.4. The monoisotopic (exact) mass is 665 g/mol. The fraction of sp³-hybridized carbons (Fsp3) is 0.257. The summed E-state index contributed by atoms with van der Waals surface area (Å²) < 4.78 is 29.1. The number of carbonyl (C=O) groups excluding carboxylic acids is 2. The van der Waals surface area contributed by atoms with Crippen molar-refractivity contribution >= 4 is 50.7 Å². The van der Waals surface area contributed by atoms with Crippen LogP contribution >= 0.6 is 23.2 Å². The summed E-state index contributed by atoms with van der Waals surface area (Å²) in [5.74, 6) is -0.867. The molecule has 4 rings (SSSR count). The minimum Gasteiger partial charge on any atom is -0.354 e. The lowest BCUT2D eigenvalue weighted by atomic mass is 10.0. The second-order valence-corrected chi connectivity index (χ2v) is 13.5. The van der Waals surface area contributed by atoms with Crippen molar-refractivity contribution in [3.63, 3.8) is 0 Å². The van der Waals surface area contributed by atoms with Gasteiger partial charge in [-0.25, -0.2) is 8.42 Å². The summed E-state index contributed by atoms with van der Waals surface area (Å²) in [7, 11) is -4.25. The smallest absolute Gasteiger partial charge is 0.264 e. The zero-order valence-corrected chi connectivity index (χ0v) is 27.7. The molecule has 4 aromatic carbocycles. The normalized spacial score (nSPS) is 11.9. The summed E-state index contributed by atoms with van der Waals surface area (Å²) in [6.45, 7) is 3.96. The Hall–Kier alpha value is -3.85. The standard InChI is InChI=1S/C35H37Cl2N3O4S/c1-3-4-19-38-35(42)33(20-27-11-7-5-8-12-27)39(24-28-17-15-26(2)16-18-28)34(41)25-40(31-22-29(36)21-30(37)23-31)45(43,44)32-13-9-6-10-14-32/h5-18,21-23,33H,3-4,19-20,24-25H2,1-2H3,(H,38,42)/t33-/m0/s1. The maximum Gasteiger partial charge on any atom is 0.264 e. The fourth-order valence-corrected chi connectivity index (χ4v) is 6.82. The Kier molecular flexibility index (Phi) is 12.0. The molecule has 0 heterocycles. The van der Waals surface area contributed by atoms with Crippen LogP contribution in [0.4, 0.5) is 5.69 Å². The molecule has 0 aliphatic heterocycles. The molecule has 10 heteroatoms. The highest BCUT2D eigenvalue weighted by molar-refractivity contribution is 7.92. The summed E-state index contributed by atoms with van der Waals surface area (Å²) in [4.78, 5) is 29.8. The van der Waals surface area contributed by atoms with Crippen LogP contribution in [0.3, 0.4) is 0 Å². The predicted octanol–water partition coefficient (Wildman–Crippen LogP) is 7.05. The van der Waals surface area contributed by atoms with Crippen LogP contribution in [-0.4, -0.2) is 44.3 Å². The van der Waals surface area contributed by atoms with Crippen LogP contribution in [0.5, 0.6) is 0 Å². The van der Waals surface area contributed by atoms with Gasteiger partial charge in [-0.1, -0.05) is 115 Å². The lowest BCUT2D eigenvalue weighted by molar-refractivity contribution is -0.140. The fourth-order valence-electron chi connectivity index (χ4n) is 4.88. The Morgan fingerprint density at radius 1 is 0.822 bits per heavy atom. The number of sulfonamides is 1. The van der Waals surface area contributed by atoms with E-state index in [1.165, 1.54) is 35.2 Å². The lowest BCUT2D eigenvalue weighted by Crippen LogP contribution is -2.53. The third kappa shape index (κ3) is 9.33. The highest BCUT2D eigenvalue weighted by Gasteiger charge is 2.34. The largest absolute Gasteiger partial charge is 0.354 e. The Bertz CT molecular complexity index is 1670. The number of amides is 2. The third-order valence-corrected chi connectivity index (χ3v) is 9.54. The number of nitrogens with one attached hydrogen (secondary N) is 1. The molecule has 0 aliphatic carbocycles. The maximum absolute atomic E-state index is 14.5. The number of nitrogens with zero attached hydrogens (tertiary/aromatic N) is 2. The van der Waals surface area contributed by atoms with Gasteiger partial charge in [-0.15, -0.1) is 0 Å². The van der Waals surface area contributed by atoms with E-state index in [1.54, 1.807) is 18.2 Å². The van der Waals surface area contributed by atoms with Crippen molar-refractivity contribution in [3.05, 3.63) is 130 Å². The number of benzene rings is 4. The molecule has 0 spiro atoms. The Labute approximate surface area is 275 Å². The molecule has 0 bridgehead atoms. The minimum atomic E-state index is -4.25. The Morgan fingerprint density at radius 3 is 2.02 bits per heavy atom. The molecule has 0 unspecified atom stereocenters. The first-order valence-corrected chi connectivity index (χ1v) is 17.0. The SMILES string of the molecule is CCCCNC(=O)[C@H](Cc1ccccc1)N(Cc1ccc(C)cc1)C(=O)CN(c1cc(Cl)cc(Cl)c1)S(=O)(=O)c1ccccc1. The second-order valence-electron chi connectivity index (χ2n) is 10.8. The van der Waals surface area contributed by atoms with Gasteiger partial charge in [-0.05, 0) is 54.8 Å². The Balaban J connectivity index is 1.80. The number of rotatable bonds is 14.